The molecular weight excluding hydrogens is 247 g/mol. The average molecular weight is 260 g/mol. The number of rotatable bonds is 2. The zero-order valence-corrected chi connectivity index (χ0v) is 10.2. The van der Waals surface area contributed by atoms with E-state index in [1.165, 1.54) is 12.3 Å². The van der Waals surface area contributed by atoms with E-state index in [-0.39, 0.29) is 17.5 Å². The Hall–Kier alpha value is -2.17. The minimum atomic E-state index is -0.653. The highest BCUT2D eigenvalue weighted by atomic mass is 19.1. The lowest BCUT2D eigenvalue weighted by atomic mass is 9.93. The molecule has 0 spiro atoms. The Balaban J connectivity index is 1.78. The normalized spacial score (nSPS) is 17.8. The maximum absolute atomic E-state index is 13.0. The van der Waals surface area contributed by atoms with Crippen LogP contribution in [0.3, 0.4) is 0 Å². The van der Waals surface area contributed by atoms with E-state index in [0.717, 1.165) is 36.7 Å². The SMILES string of the molecule is O=C(NC1CCCc2occc21)c1ccnc(F)c1. The molecule has 4 nitrogen and oxygen atoms in total. The Bertz CT molecular complexity index is 609. The quantitative estimate of drug-likeness (QED) is 0.844. The van der Waals surface area contributed by atoms with Crippen LogP contribution in [0.15, 0.2) is 35.1 Å². The number of aromatic nitrogens is 1. The molecule has 2 aromatic heterocycles. The molecule has 0 radical (unpaired) electrons. The predicted octanol–water partition coefficient (Wildman–Crippen LogP) is 2.62. The Morgan fingerprint density at radius 3 is 3.21 bits per heavy atom. The van der Waals surface area contributed by atoms with Crippen LogP contribution in [0, 0.1) is 5.95 Å². The molecule has 0 aliphatic heterocycles. The van der Waals surface area contributed by atoms with Crippen LogP contribution in [-0.4, -0.2) is 10.9 Å². The van der Waals surface area contributed by atoms with Gasteiger partial charge in [-0.15, -0.1) is 0 Å². The molecule has 0 saturated carbocycles. The van der Waals surface area contributed by atoms with Crippen molar-refractivity contribution in [1.82, 2.24) is 10.3 Å². The smallest absolute Gasteiger partial charge is 0.251 e. The lowest BCUT2D eigenvalue weighted by molar-refractivity contribution is 0.0931. The van der Waals surface area contributed by atoms with E-state index in [9.17, 15) is 9.18 Å². The molecule has 1 amide bonds. The van der Waals surface area contributed by atoms with Crippen molar-refractivity contribution in [3.63, 3.8) is 0 Å². The van der Waals surface area contributed by atoms with Gasteiger partial charge < -0.3 is 9.73 Å². The van der Waals surface area contributed by atoms with Gasteiger partial charge in [-0.1, -0.05) is 0 Å². The van der Waals surface area contributed by atoms with E-state index < -0.39 is 5.95 Å². The first-order valence-electron chi connectivity index (χ1n) is 6.23. The van der Waals surface area contributed by atoms with Gasteiger partial charge >= 0.3 is 0 Å². The van der Waals surface area contributed by atoms with Crippen LogP contribution < -0.4 is 5.32 Å². The molecule has 1 aliphatic rings. The number of carbonyl (C=O) groups excluding carboxylic acids is 1. The first kappa shape index (κ1) is 11.9. The summed E-state index contributed by atoms with van der Waals surface area (Å²) in [7, 11) is 0. The molecule has 2 aromatic rings. The van der Waals surface area contributed by atoms with E-state index in [1.54, 1.807) is 6.26 Å². The van der Waals surface area contributed by atoms with Gasteiger partial charge in [-0.2, -0.15) is 4.39 Å². The van der Waals surface area contributed by atoms with Crippen molar-refractivity contribution in [2.24, 2.45) is 0 Å². The molecular formula is C14H13FN2O2. The summed E-state index contributed by atoms with van der Waals surface area (Å²) in [6.45, 7) is 0. The van der Waals surface area contributed by atoms with Crippen molar-refractivity contribution in [3.05, 3.63) is 53.5 Å². The summed E-state index contributed by atoms with van der Waals surface area (Å²) in [5, 5.41) is 2.91. The minimum absolute atomic E-state index is 0.0637. The van der Waals surface area contributed by atoms with Crippen LogP contribution in [0.4, 0.5) is 4.39 Å². The second kappa shape index (κ2) is 4.84. The fourth-order valence-electron chi connectivity index (χ4n) is 2.42. The summed E-state index contributed by atoms with van der Waals surface area (Å²) in [5.41, 5.74) is 1.30. The Morgan fingerprint density at radius 2 is 2.37 bits per heavy atom. The third-order valence-electron chi connectivity index (χ3n) is 3.35. The highest BCUT2D eigenvalue weighted by Crippen LogP contribution is 2.30. The molecule has 0 fully saturated rings. The lowest BCUT2D eigenvalue weighted by Crippen LogP contribution is -2.30. The first-order valence-corrected chi connectivity index (χ1v) is 6.23. The number of hydrogen-bond donors (Lipinski definition) is 1. The molecule has 1 aliphatic carbocycles. The fourth-order valence-corrected chi connectivity index (χ4v) is 2.42. The highest BCUT2D eigenvalue weighted by molar-refractivity contribution is 5.94. The van der Waals surface area contributed by atoms with E-state index >= 15 is 0 Å². The zero-order valence-electron chi connectivity index (χ0n) is 10.2. The third-order valence-corrected chi connectivity index (χ3v) is 3.35. The van der Waals surface area contributed by atoms with Gasteiger partial charge in [0, 0.05) is 29.8 Å². The van der Waals surface area contributed by atoms with Crippen LogP contribution >= 0.6 is 0 Å². The minimum Gasteiger partial charge on any atom is -0.469 e. The van der Waals surface area contributed by atoms with Crippen LogP contribution in [0.25, 0.3) is 0 Å². The summed E-state index contributed by atoms with van der Waals surface area (Å²) in [4.78, 5) is 15.5. The van der Waals surface area contributed by atoms with Gasteiger partial charge in [0.15, 0.2) is 0 Å². The topological polar surface area (TPSA) is 55.1 Å². The molecule has 3 rings (SSSR count). The number of aryl methyl sites for hydroxylation is 1. The standard InChI is InChI=1S/C14H13FN2O2/c15-13-8-9(4-6-16-13)14(18)17-11-2-1-3-12-10(11)5-7-19-12/h4-8,11H,1-3H2,(H,17,18). The van der Waals surface area contributed by atoms with E-state index in [4.69, 9.17) is 4.42 Å². The summed E-state index contributed by atoms with van der Waals surface area (Å²) in [6, 6.07) is 4.45. The van der Waals surface area contributed by atoms with Crippen molar-refractivity contribution in [1.29, 1.82) is 0 Å². The van der Waals surface area contributed by atoms with Gasteiger partial charge in [0.2, 0.25) is 5.95 Å². The molecule has 2 heterocycles. The Kier molecular flexibility index (Phi) is 3.03. The summed E-state index contributed by atoms with van der Waals surface area (Å²) in [5.74, 6) is -0.0156. The van der Waals surface area contributed by atoms with Crippen LogP contribution in [0.1, 0.15) is 40.6 Å². The molecule has 98 valence electrons. The maximum Gasteiger partial charge on any atom is 0.251 e. The summed E-state index contributed by atoms with van der Waals surface area (Å²) in [6.07, 6.45) is 5.66. The molecule has 1 unspecified atom stereocenters. The van der Waals surface area contributed by atoms with Crippen LogP contribution in [-0.2, 0) is 6.42 Å². The van der Waals surface area contributed by atoms with Gasteiger partial charge in [-0.25, -0.2) is 4.98 Å². The number of nitrogens with zero attached hydrogens (tertiary/aromatic N) is 1. The molecule has 19 heavy (non-hydrogen) atoms. The largest absolute Gasteiger partial charge is 0.469 e. The average Bonchev–Trinajstić information content (AvgIpc) is 2.88. The van der Waals surface area contributed by atoms with Crippen molar-refractivity contribution in [2.75, 3.05) is 0 Å². The maximum atomic E-state index is 13.0. The van der Waals surface area contributed by atoms with Crippen molar-refractivity contribution < 1.29 is 13.6 Å². The van der Waals surface area contributed by atoms with Gasteiger partial charge in [-0.3, -0.25) is 4.79 Å². The number of carbonyl (C=O) groups is 1. The predicted molar refractivity (Wildman–Crippen MR) is 66.0 cm³/mol. The molecule has 0 aromatic carbocycles. The number of amides is 1. The molecule has 5 heteroatoms. The molecule has 1 atom stereocenters. The monoisotopic (exact) mass is 260 g/mol. The number of nitrogens with one attached hydrogen (secondary N) is 1. The summed E-state index contributed by atoms with van der Waals surface area (Å²) < 4.78 is 18.4. The van der Waals surface area contributed by atoms with Crippen LogP contribution in [0.5, 0.6) is 0 Å². The number of furan rings is 1. The van der Waals surface area contributed by atoms with E-state index in [2.05, 4.69) is 10.3 Å². The lowest BCUT2D eigenvalue weighted by Gasteiger charge is -2.22. The second-order valence-electron chi connectivity index (χ2n) is 4.58. The highest BCUT2D eigenvalue weighted by Gasteiger charge is 2.24. The van der Waals surface area contributed by atoms with Crippen molar-refractivity contribution >= 4 is 5.91 Å². The zero-order chi connectivity index (χ0) is 13.2. The second-order valence-corrected chi connectivity index (χ2v) is 4.58. The van der Waals surface area contributed by atoms with E-state index in [1.807, 2.05) is 6.07 Å². The molecule has 0 bridgehead atoms. The number of hydrogen-bond acceptors (Lipinski definition) is 3. The summed E-state index contributed by atoms with van der Waals surface area (Å²) >= 11 is 0. The van der Waals surface area contributed by atoms with Gasteiger partial charge in [0.05, 0.1) is 12.3 Å². The van der Waals surface area contributed by atoms with Gasteiger partial charge in [0.25, 0.3) is 5.91 Å². The van der Waals surface area contributed by atoms with Crippen molar-refractivity contribution in [2.45, 2.75) is 25.3 Å². The Labute approximate surface area is 109 Å². The number of halogens is 1. The molecule has 0 saturated heterocycles. The first-order chi connectivity index (χ1) is 9.24. The van der Waals surface area contributed by atoms with Crippen molar-refractivity contribution in [3.8, 4) is 0 Å². The fraction of sp³-hybridized carbons (Fsp3) is 0.286. The number of fused-ring (bicyclic) bond motifs is 1. The molecule has 1 N–H and O–H groups in total. The van der Waals surface area contributed by atoms with Gasteiger partial charge in [-0.05, 0) is 25.0 Å². The number of pyridine rings is 1. The van der Waals surface area contributed by atoms with E-state index in [0.29, 0.717) is 0 Å². The Morgan fingerprint density at radius 1 is 1.47 bits per heavy atom. The van der Waals surface area contributed by atoms with Crippen LogP contribution in [0.2, 0.25) is 0 Å². The third kappa shape index (κ3) is 2.36. The van der Waals surface area contributed by atoms with Gasteiger partial charge in [0.1, 0.15) is 5.76 Å².